The van der Waals surface area contributed by atoms with Crippen molar-refractivity contribution in [2.75, 3.05) is 24.5 Å². The number of hydrogen-bond donors (Lipinski definition) is 2. The highest BCUT2D eigenvalue weighted by Crippen LogP contribution is 2.45. The van der Waals surface area contributed by atoms with Gasteiger partial charge in [0.2, 0.25) is 0 Å². The van der Waals surface area contributed by atoms with Gasteiger partial charge >= 0.3 is 6.18 Å². The summed E-state index contributed by atoms with van der Waals surface area (Å²) in [7, 11) is 0. The first kappa shape index (κ1) is 27.4. The number of alkyl halides is 3. The molecule has 39 heavy (non-hydrogen) atoms. The summed E-state index contributed by atoms with van der Waals surface area (Å²) < 4.78 is 42.9. The van der Waals surface area contributed by atoms with Gasteiger partial charge in [0.05, 0.1) is 17.3 Å². The van der Waals surface area contributed by atoms with Gasteiger partial charge in [-0.25, -0.2) is 5.84 Å². The Bertz CT molecular complexity index is 1230. The maximum absolute atomic E-state index is 14.3. The molecule has 1 saturated heterocycles. The van der Waals surface area contributed by atoms with Crippen LogP contribution in [0.1, 0.15) is 57.6 Å². The second kappa shape index (κ2) is 10.8. The van der Waals surface area contributed by atoms with E-state index >= 15 is 0 Å². The molecule has 1 unspecified atom stereocenters. The van der Waals surface area contributed by atoms with E-state index in [1.54, 1.807) is 27.2 Å². The van der Waals surface area contributed by atoms with Gasteiger partial charge < -0.3 is 20.5 Å². The van der Waals surface area contributed by atoms with Crippen molar-refractivity contribution in [3.8, 4) is 0 Å². The monoisotopic (exact) mass is 540 g/mol. The van der Waals surface area contributed by atoms with Crippen LogP contribution in [0.3, 0.4) is 0 Å². The molecular weight excluding hydrogens is 501 g/mol. The van der Waals surface area contributed by atoms with E-state index in [1.165, 1.54) is 12.3 Å². The number of rotatable bonds is 7. The zero-order valence-corrected chi connectivity index (χ0v) is 22.8. The van der Waals surface area contributed by atoms with Gasteiger partial charge in [-0.3, -0.25) is 4.90 Å². The van der Waals surface area contributed by atoms with Crippen molar-refractivity contribution in [3.05, 3.63) is 89.4 Å². The molecule has 1 aliphatic carbocycles. The van der Waals surface area contributed by atoms with Crippen LogP contribution in [0.15, 0.2) is 83.9 Å². The van der Waals surface area contributed by atoms with Crippen LogP contribution in [-0.4, -0.2) is 40.6 Å². The molecule has 0 bridgehead atoms. The number of nitrogens with zero attached hydrogens (tertiary/aromatic N) is 4. The Hall–Kier alpha value is -3.17. The normalized spacial score (nSPS) is 23.6. The highest BCUT2D eigenvalue weighted by atomic mass is 19.4. The van der Waals surface area contributed by atoms with E-state index in [0.29, 0.717) is 29.8 Å². The Balaban J connectivity index is 1.45. The fourth-order valence-corrected chi connectivity index (χ4v) is 6.13. The molecule has 3 heterocycles. The highest BCUT2D eigenvalue weighted by molar-refractivity contribution is 5.64. The summed E-state index contributed by atoms with van der Waals surface area (Å²) in [4.78, 5) is 5.57. The predicted molar refractivity (Wildman–Crippen MR) is 149 cm³/mol. The molecule has 5 rings (SSSR count). The number of allylic oxidation sites excluding steroid dienone is 2. The van der Waals surface area contributed by atoms with Gasteiger partial charge in [0.1, 0.15) is 5.82 Å². The number of anilines is 1. The Morgan fingerprint density at radius 3 is 2.59 bits per heavy atom. The van der Waals surface area contributed by atoms with E-state index in [9.17, 15) is 13.2 Å². The van der Waals surface area contributed by atoms with E-state index in [0.717, 1.165) is 62.1 Å². The Labute approximate surface area is 229 Å². The third-order valence-electron chi connectivity index (χ3n) is 8.45. The van der Waals surface area contributed by atoms with Gasteiger partial charge in [-0.15, -0.1) is 0 Å². The first-order valence-electron chi connectivity index (χ1n) is 13.8. The fourth-order valence-electron chi connectivity index (χ4n) is 6.13. The summed E-state index contributed by atoms with van der Waals surface area (Å²) in [6.45, 7) is 10.6. The summed E-state index contributed by atoms with van der Waals surface area (Å²) in [5, 5.41) is 1.71. The van der Waals surface area contributed by atoms with Crippen LogP contribution in [0.4, 0.5) is 18.9 Å². The van der Waals surface area contributed by atoms with Gasteiger partial charge in [0.25, 0.3) is 0 Å². The molecule has 2 atom stereocenters. The highest BCUT2D eigenvalue weighted by Gasteiger charge is 2.43. The largest absolute Gasteiger partial charge is 0.418 e. The summed E-state index contributed by atoms with van der Waals surface area (Å²) in [5.41, 5.74) is 8.36. The number of nitrogens with two attached hydrogens (primary N) is 2. The maximum atomic E-state index is 14.3. The molecule has 0 spiro atoms. The van der Waals surface area contributed by atoms with Crippen molar-refractivity contribution in [1.29, 1.82) is 0 Å². The minimum Gasteiger partial charge on any atom is -0.403 e. The molecule has 1 aromatic carbocycles. The minimum absolute atomic E-state index is 0.0753. The van der Waals surface area contributed by atoms with Gasteiger partial charge in [-0.1, -0.05) is 32.1 Å². The molecule has 4 N–H and O–H groups in total. The Morgan fingerprint density at radius 1 is 1.18 bits per heavy atom. The molecule has 0 amide bonds. The summed E-state index contributed by atoms with van der Waals surface area (Å²) in [6.07, 6.45) is 7.18. The zero-order valence-electron chi connectivity index (χ0n) is 22.8. The van der Waals surface area contributed by atoms with Crippen LogP contribution in [-0.2, 0) is 0 Å². The minimum atomic E-state index is -4.49. The van der Waals surface area contributed by atoms with E-state index < -0.39 is 11.7 Å². The van der Waals surface area contributed by atoms with E-state index in [2.05, 4.69) is 18.4 Å². The van der Waals surface area contributed by atoms with Crippen LogP contribution in [0.25, 0.3) is 0 Å². The van der Waals surface area contributed by atoms with E-state index in [4.69, 9.17) is 11.6 Å². The zero-order chi connectivity index (χ0) is 27.9. The molecule has 0 aromatic heterocycles. The average Bonchev–Trinajstić information content (AvgIpc) is 3.20. The second-order valence-electron chi connectivity index (χ2n) is 11.4. The molecule has 2 fully saturated rings. The third kappa shape index (κ3) is 5.47. The molecule has 6 nitrogen and oxygen atoms in total. The van der Waals surface area contributed by atoms with Gasteiger partial charge in [0.15, 0.2) is 0 Å². The summed E-state index contributed by atoms with van der Waals surface area (Å²) in [6, 6.07) is 7.77. The lowest BCUT2D eigenvalue weighted by molar-refractivity contribution is -0.0909. The molecule has 4 aliphatic rings. The SMILES string of the molecule is C=C1N2C=C(CN3CCC[C@H](C)C3)C=C(C(F)(F)F)C2=CN1c1cccc(C(C2CCC2)N(N)/C(C)=C\N)c1. The molecule has 210 valence electrons. The smallest absolute Gasteiger partial charge is 0.403 e. The van der Waals surface area contributed by atoms with Crippen molar-refractivity contribution in [3.63, 3.8) is 0 Å². The van der Waals surface area contributed by atoms with Crippen molar-refractivity contribution < 1.29 is 13.2 Å². The molecule has 1 aromatic rings. The lowest BCUT2D eigenvalue weighted by Crippen LogP contribution is -2.40. The molecule has 3 aliphatic heterocycles. The van der Waals surface area contributed by atoms with Crippen LogP contribution < -0.4 is 16.5 Å². The number of benzene rings is 1. The summed E-state index contributed by atoms with van der Waals surface area (Å²) >= 11 is 0. The molecular formula is C30H39F3N6. The van der Waals surface area contributed by atoms with Crippen LogP contribution >= 0.6 is 0 Å². The average molecular weight is 541 g/mol. The van der Waals surface area contributed by atoms with Gasteiger partial charge in [0, 0.05) is 43.1 Å². The lowest BCUT2D eigenvalue weighted by atomic mass is 9.76. The van der Waals surface area contributed by atoms with Crippen molar-refractivity contribution in [1.82, 2.24) is 14.8 Å². The molecule has 0 radical (unpaired) electrons. The molecule has 1 saturated carbocycles. The number of hydrazine groups is 1. The van der Waals surface area contributed by atoms with Crippen LogP contribution in [0, 0.1) is 11.8 Å². The Kier molecular flexibility index (Phi) is 7.57. The number of hydrogen-bond acceptors (Lipinski definition) is 6. The standard InChI is InChI=1S/C30H39F3N6/c1-20-7-6-12-36(16-20)17-23-13-27(30(31,32)33)28-19-37(22(3)38(28)18-23)26-11-5-10-25(14-26)29(24-8-4-9-24)39(35)21(2)15-34/h5,10-11,13-15,18-20,24,29H,3-4,6-9,12,16-17,34-35H2,1-2H3/b21-15-/t20-,29?/m0/s1. The first-order valence-corrected chi connectivity index (χ1v) is 13.8. The van der Waals surface area contributed by atoms with Crippen molar-refractivity contribution in [2.24, 2.45) is 23.4 Å². The first-order chi connectivity index (χ1) is 18.6. The lowest BCUT2D eigenvalue weighted by Gasteiger charge is -2.40. The van der Waals surface area contributed by atoms with Crippen LogP contribution in [0.5, 0.6) is 0 Å². The van der Waals surface area contributed by atoms with E-state index in [1.807, 2.05) is 31.2 Å². The summed E-state index contributed by atoms with van der Waals surface area (Å²) in [5.74, 6) is 7.89. The van der Waals surface area contributed by atoms with Crippen molar-refractivity contribution in [2.45, 2.75) is 58.2 Å². The second-order valence-corrected chi connectivity index (χ2v) is 11.4. The molecule has 9 heteroatoms. The number of likely N-dealkylation sites (tertiary alicyclic amines) is 1. The van der Waals surface area contributed by atoms with Gasteiger partial charge in [-0.2, -0.15) is 13.2 Å². The third-order valence-corrected chi connectivity index (χ3v) is 8.45. The fraction of sp³-hybridized carbons (Fsp3) is 0.467. The van der Waals surface area contributed by atoms with Crippen LogP contribution in [0.2, 0.25) is 0 Å². The number of piperidine rings is 1. The predicted octanol–water partition coefficient (Wildman–Crippen LogP) is 6.08. The number of halogens is 3. The van der Waals surface area contributed by atoms with Crippen molar-refractivity contribution >= 4 is 5.69 Å². The quantitative estimate of drug-likeness (QED) is 0.323. The number of fused-ring (bicyclic) bond motifs is 1. The van der Waals surface area contributed by atoms with Gasteiger partial charge in [-0.05, 0) is 80.3 Å². The topological polar surface area (TPSA) is 65.0 Å². The van der Waals surface area contributed by atoms with E-state index in [-0.39, 0.29) is 11.7 Å². The Morgan fingerprint density at radius 2 is 1.95 bits per heavy atom. The maximum Gasteiger partial charge on any atom is 0.418 e.